The molecule has 0 spiro atoms. The van der Waals surface area contributed by atoms with Crippen molar-refractivity contribution in [1.29, 1.82) is 0 Å². The number of thioether (sulfide) groups is 1. The zero-order valence-corrected chi connectivity index (χ0v) is 15.8. The van der Waals surface area contributed by atoms with E-state index in [1.807, 2.05) is 16.7 Å². The molecule has 6 rings (SSSR count). The van der Waals surface area contributed by atoms with Crippen LogP contribution in [0, 0.1) is 17.8 Å². The lowest BCUT2D eigenvalue weighted by molar-refractivity contribution is -0.129. The molecule has 0 unspecified atom stereocenters. The lowest BCUT2D eigenvalue weighted by Gasteiger charge is -2.56. The van der Waals surface area contributed by atoms with Gasteiger partial charge in [0.2, 0.25) is 11.9 Å². The molecule has 0 aromatic carbocycles. The number of hydrogen-bond acceptors (Lipinski definition) is 5. The maximum atomic E-state index is 12.8. The van der Waals surface area contributed by atoms with Gasteiger partial charge >= 0.3 is 0 Å². The second-order valence-corrected chi connectivity index (χ2v) is 10.3. The number of nitrogen functional groups attached to an aromatic ring is 1. The third-order valence-corrected chi connectivity index (χ3v) is 8.43. The van der Waals surface area contributed by atoms with Crippen LogP contribution in [0.4, 0.5) is 5.95 Å². The minimum atomic E-state index is -0.164. The van der Waals surface area contributed by atoms with Crippen molar-refractivity contribution in [3.8, 4) is 0 Å². The Balaban J connectivity index is 1.25. The number of amides is 1. The van der Waals surface area contributed by atoms with E-state index in [-0.39, 0.29) is 17.4 Å². The van der Waals surface area contributed by atoms with Gasteiger partial charge in [-0.1, -0.05) is 0 Å². The van der Waals surface area contributed by atoms with Crippen molar-refractivity contribution in [3.63, 3.8) is 0 Å². The van der Waals surface area contributed by atoms with Crippen LogP contribution in [0.15, 0.2) is 4.79 Å². The lowest BCUT2D eigenvalue weighted by atomic mass is 9.56. The normalized spacial score (nSPS) is 34.8. The van der Waals surface area contributed by atoms with Crippen LogP contribution in [0.25, 0.3) is 0 Å². The number of hydrogen-bond donors (Lipinski definition) is 2. The third kappa shape index (κ3) is 2.84. The van der Waals surface area contributed by atoms with Crippen LogP contribution in [0.2, 0.25) is 0 Å². The minimum absolute atomic E-state index is 0.131. The Bertz CT molecular complexity index is 770. The van der Waals surface area contributed by atoms with E-state index >= 15 is 0 Å². The predicted octanol–water partition coefficient (Wildman–Crippen LogP) is 1.94. The van der Waals surface area contributed by atoms with Crippen molar-refractivity contribution >= 4 is 23.6 Å². The molecule has 140 valence electrons. The minimum Gasteiger partial charge on any atom is -0.369 e. The fourth-order valence-electron chi connectivity index (χ4n) is 6.19. The zero-order valence-electron chi connectivity index (χ0n) is 15.0. The molecule has 1 aromatic heterocycles. The number of rotatable bonds is 3. The number of aromatic nitrogens is 2. The highest BCUT2D eigenvalue weighted by Gasteiger charge is 2.51. The third-order valence-electron chi connectivity index (χ3n) is 6.93. The largest absolute Gasteiger partial charge is 0.369 e. The summed E-state index contributed by atoms with van der Waals surface area (Å²) >= 11 is 1.92. The molecule has 1 aliphatic heterocycles. The van der Waals surface area contributed by atoms with Gasteiger partial charge in [-0.2, -0.15) is 0 Å². The second kappa shape index (κ2) is 6.01. The number of nitrogens with two attached hydrogens (primary N) is 1. The maximum absolute atomic E-state index is 12.8. The molecule has 1 aromatic rings. The van der Waals surface area contributed by atoms with E-state index in [1.54, 1.807) is 0 Å². The van der Waals surface area contributed by atoms with Crippen molar-refractivity contribution < 1.29 is 4.79 Å². The topological polar surface area (TPSA) is 92.1 Å². The molecule has 4 fully saturated rings. The van der Waals surface area contributed by atoms with Gasteiger partial charge in [0, 0.05) is 16.9 Å². The van der Waals surface area contributed by atoms with Crippen LogP contribution in [-0.4, -0.2) is 37.8 Å². The molecule has 3 N–H and O–H groups in total. The molecule has 6 nitrogen and oxygen atoms in total. The highest BCUT2D eigenvalue weighted by atomic mass is 32.2. The predicted molar refractivity (Wildman–Crippen MR) is 102 cm³/mol. The molecule has 7 heteroatoms. The van der Waals surface area contributed by atoms with E-state index in [1.165, 1.54) is 38.5 Å². The molecule has 4 aliphatic carbocycles. The van der Waals surface area contributed by atoms with Crippen LogP contribution in [0.3, 0.4) is 0 Å². The number of nitrogens with zero attached hydrogens (tertiary/aromatic N) is 2. The van der Waals surface area contributed by atoms with Crippen LogP contribution in [0.1, 0.15) is 49.8 Å². The first-order valence-electron chi connectivity index (χ1n) is 9.79. The van der Waals surface area contributed by atoms with Gasteiger partial charge in [-0.25, -0.2) is 4.98 Å². The van der Waals surface area contributed by atoms with Gasteiger partial charge in [0.1, 0.15) is 0 Å². The molecular weight excluding hydrogens is 348 g/mol. The summed E-state index contributed by atoms with van der Waals surface area (Å²) in [5.41, 5.74) is 6.83. The number of fused-ring (bicyclic) bond motifs is 1. The van der Waals surface area contributed by atoms with Crippen LogP contribution >= 0.6 is 11.8 Å². The number of carbonyl (C=O) groups is 1. The smallest absolute Gasteiger partial charge is 0.255 e. The molecule has 0 saturated heterocycles. The average Bonchev–Trinajstić information content (AvgIpc) is 2.58. The summed E-state index contributed by atoms with van der Waals surface area (Å²) in [6.45, 7) is 1.01. The molecule has 4 bridgehead atoms. The molecular formula is C19H26N4O2S. The van der Waals surface area contributed by atoms with E-state index in [0.717, 1.165) is 17.8 Å². The van der Waals surface area contributed by atoms with Crippen LogP contribution in [-0.2, 0) is 17.8 Å². The number of nitrogens with one attached hydrogen (secondary N) is 1. The van der Waals surface area contributed by atoms with E-state index in [0.29, 0.717) is 41.3 Å². The number of aromatic amines is 1. The molecule has 5 aliphatic rings. The highest BCUT2D eigenvalue weighted by Crippen LogP contribution is 2.60. The number of carbonyl (C=O) groups excluding carboxylic acids is 1. The first kappa shape index (κ1) is 16.7. The molecule has 26 heavy (non-hydrogen) atoms. The fourth-order valence-corrected chi connectivity index (χ4v) is 7.86. The Labute approximate surface area is 157 Å². The first-order valence-corrected chi connectivity index (χ1v) is 10.8. The zero-order chi connectivity index (χ0) is 17.9. The van der Waals surface area contributed by atoms with Crippen molar-refractivity contribution in [1.82, 2.24) is 14.9 Å². The van der Waals surface area contributed by atoms with Crippen LogP contribution in [0.5, 0.6) is 0 Å². The monoisotopic (exact) mass is 374 g/mol. The van der Waals surface area contributed by atoms with Crippen molar-refractivity contribution in [2.45, 2.75) is 56.2 Å². The number of H-pyrrole nitrogens is 1. The molecule has 0 radical (unpaired) electrons. The SMILES string of the molecule is Nc1nc2c(c(=O)[nH]1)CCN(C(=O)CSC13CC4CC(CC(C4)C1)C3)C2. The Morgan fingerprint density at radius 3 is 2.54 bits per heavy atom. The van der Waals surface area contributed by atoms with E-state index in [2.05, 4.69) is 9.97 Å². The molecule has 1 amide bonds. The van der Waals surface area contributed by atoms with Crippen molar-refractivity contribution in [2.75, 3.05) is 18.0 Å². The van der Waals surface area contributed by atoms with Gasteiger partial charge in [0.15, 0.2) is 0 Å². The summed E-state index contributed by atoms with van der Waals surface area (Å²) < 4.78 is 0.359. The maximum Gasteiger partial charge on any atom is 0.255 e. The molecule has 4 saturated carbocycles. The first-order chi connectivity index (χ1) is 12.5. The second-order valence-electron chi connectivity index (χ2n) is 8.83. The fraction of sp³-hybridized carbons (Fsp3) is 0.737. The molecule has 0 atom stereocenters. The van der Waals surface area contributed by atoms with Gasteiger partial charge in [0.05, 0.1) is 18.0 Å². The van der Waals surface area contributed by atoms with Gasteiger partial charge in [-0.05, 0) is 62.7 Å². The Morgan fingerprint density at radius 1 is 1.23 bits per heavy atom. The molecule has 2 heterocycles. The Kier molecular flexibility index (Phi) is 3.85. The summed E-state index contributed by atoms with van der Waals surface area (Å²) in [4.78, 5) is 33.4. The highest BCUT2D eigenvalue weighted by molar-refractivity contribution is 8.01. The van der Waals surface area contributed by atoms with Crippen LogP contribution < -0.4 is 11.3 Å². The van der Waals surface area contributed by atoms with Gasteiger partial charge in [-0.3, -0.25) is 14.6 Å². The average molecular weight is 375 g/mol. The Morgan fingerprint density at radius 2 is 1.88 bits per heavy atom. The summed E-state index contributed by atoms with van der Waals surface area (Å²) in [7, 11) is 0. The van der Waals surface area contributed by atoms with Crippen molar-refractivity contribution in [2.24, 2.45) is 17.8 Å². The van der Waals surface area contributed by atoms with E-state index in [9.17, 15) is 9.59 Å². The van der Waals surface area contributed by atoms with E-state index in [4.69, 9.17) is 5.73 Å². The quantitative estimate of drug-likeness (QED) is 0.843. The van der Waals surface area contributed by atoms with Crippen molar-refractivity contribution in [3.05, 3.63) is 21.6 Å². The van der Waals surface area contributed by atoms with Gasteiger partial charge in [-0.15, -0.1) is 11.8 Å². The summed E-state index contributed by atoms with van der Waals surface area (Å²) in [6.07, 6.45) is 8.79. The summed E-state index contributed by atoms with van der Waals surface area (Å²) in [6, 6.07) is 0. The van der Waals surface area contributed by atoms with E-state index < -0.39 is 0 Å². The van der Waals surface area contributed by atoms with Gasteiger partial charge in [0.25, 0.3) is 5.56 Å². The lowest BCUT2D eigenvalue weighted by Crippen LogP contribution is -2.49. The van der Waals surface area contributed by atoms with Gasteiger partial charge < -0.3 is 10.6 Å². The summed E-state index contributed by atoms with van der Waals surface area (Å²) in [5.74, 6) is 3.59. The Hall–Kier alpha value is -1.50. The number of anilines is 1. The summed E-state index contributed by atoms with van der Waals surface area (Å²) in [5, 5.41) is 0. The standard InChI is InChI=1S/C19H26N4O2S/c20-18-21-15-9-23(2-1-14(15)17(25)22-18)16(24)10-26-19-6-11-3-12(7-19)5-13(4-11)8-19/h11-13H,1-10H2,(H3,20,21,22,25).